The van der Waals surface area contributed by atoms with Crippen LogP contribution in [0.15, 0.2) is 42.7 Å². The Labute approximate surface area is 99.1 Å². The van der Waals surface area contributed by atoms with Crippen molar-refractivity contribution in [3.8, 4) is 0 Å². The second-order valence-corrected chi connectivity index (χ2v) is 3.72. The van der Waals surface area contributed by atoms with Crippen molar-refractivity contribution < 1.29 is 9.18 Å². The zero-order valence-corrected chi connectivity index (χ0v) is 9.48. The fourth-order valence-corrected chi connectivity index (χ4v) is 1.69. The van der Waals surface area contributed by atoms with Gasteiger partial charge in [-0.2, -0.15) is 0 Å². The molecule has 2 aromatic rings. The second-order valence-electron chi connectivity index (χ2n) is 3.72. The highest BCUT2D eigenvalue weighted by Crippen LogP contribution is 2.14. The van der Waals surface area contributed by atoms with Gasteiger partial charge in [0.25, 0.3) is 0 Å². The van der Waals surface area contributed by atoms with Crippen molar-refractivity contribution in [2.75, 3.05) is 0 Å². The fourth-order valence-electron chi connectivity index (χ4n) is 1.69. The lowest BCUT2D eigenvalue weighted by Crippen LogP contribution is -2.05. The van der Waals surface area contributed by atoms with Crippen LogP contribution >= 0.6 is 0 Å². The number of benzene rings is 1. The molecule has 0 aliphatic rings. The van der Waals surface area contributed by atoms with E-state index in [9.17, 15) is 9.18 Å². The normalized spacial score (nSPS) is 10.2. The number of hydrogen-bond acceptors (Lipinski definition) is 2. The Hall–Kier alpha value is -2.03. The van der Waals surface area contributed by atoms with E-state index >= 15 is 0 Å². The molecule has 0 aliphatic heterocycles. The summed E-state index contributed by atoms with van der Waals surface area (Å²) in [4.78, 5) is 16.2. The van der Waals surface area contributed by atoms with Crippen LogP contribution < -0.4 is 0 Å². The van der Waals surface area contributed by atoms with Gasteiger partial charge in [-0.05, 0) is 42.3 Å². The highest BCUT2D eigenvalue weighted by molar-refractivity contribution is 6.09. The van der Waals surface area contributed by atoms with Gasteiger partial charge in [0.05, 0.1) is 0 Å². The van der Waals surface area contributed by atoms with Crippen LogP contribution in [0, 0.1) is 5.82 Å². The van der Waals surface area contributed by atoms with Crippen molar-refractivity contribution in [1.29, 1.82) is 0 Å². The average Bonchev–Trinajstić information content (AvgIpc) is 2.39. The van der Waals surface area contributed by atoms with Crippen molar-refractivity contribution in [2.24, 2.45) is 0 Å². The van der Waals surface area contributed by atoms with Crippen molar-refractivity contribution in [3.05, 3.63) is 65.2 Å². The summed E-state index contributed by atoms with van der Waals surface area (Å²) in [5.74, 6) is -0.434. The molecule has 1 heterocycles. The summed E-state index contributed by atoms with van der Waals surface area (Å²) >= 11 is 0. The molecule has 17 heavy (non-hydrogen) atoms. The lowest BCUT2D eigenvalue weighted by atomic mass is 9.99. The molecule has 1 aromatic heterocycles. The second kappa shape index (κ2) is 4.87. The number of pyridine rings is 1. The fraction of sp³-hybridized carbons (Fsp3) is 0.143. The highest BCUT2D eigenvalue weighted by atomic mass is 19.1. The maximum Gasteiger partial charge on any atom is 0.193 e. The van der Waals surface area contributed by atoms with Crippen molar-refractivity contribution in [2.45, 2.75) is 13.3 Å². The molecule has 0 atom stereocenters. The van der Waals surface area contributed by atoms with Crippen LogP contribution in [-0.4, -0.2) is 10.8 Å². The minimum Gasteiger partial charge on any atom is -0.289 e. The molecular weight excluding hydrogens is 217 g/mol. The van der Waals surface area contributed by atoms with Crippen LogP contribution in [0.2, 0.25) is 0 Å². The van der Waals surface area contributed by atoms with Gasteiger partial charge in [-0.1, -0.05) is 6.92 Å². The van der Waals surface area contributed by atoms with E-state index in [1.807, 2.05) is 6.92 Å². The summed E-state index contributed by atoms with van der Waals surface area (Å²) in [6.45, 7) is 1.97. The van der Waals surface area contributed by atoms with E-state index in [0.717, 1.165) is 12.0 Å². The molecule has 0 aliphatic carbocycles. The molecule has 0 fully saturated rings. The molecule has 0 spiro atoms. The number of aryl methyl sites for hydroxylation is 1. The average molecular weight is 229 g/mol. The largest absolute Gasteiger partial charge is 0.289 e. The predicted octanol–water partition coefficient (Wildman–Crippen LogP) is 3.01. The molecule has 0 unspecified atom stereocenters. The highest BCUT2D eigenvalue weighted by Gasteiger charge is 2.12. The smallest absolute Gasteiger partial charge is 0.193 e. The lowest BCUT2D eigenvalue weighted by Gasteiger charge is -2.05. The first-order valence-corrected chi connectivity index (χ1v) is 5.45. The van der Waals surface area contributed by atoms with E-state index in [2.05, 4.69) is 4.98 Å². The first kappa shape index (κ1) is 11.5. The summed E-state index contributed by atoms with van der Waals surface area (Å²) < 4.78 is 12.8. The van der Waals surface area contributed by atoms with Gasteiger partial charge in [0.1, 0.15) is 5.82 Å². The summed E-state index contributed by atoms with van der Waals surface area (Å²) in [6.07, 6.45) is 4.03. The summed E-state index contributed by atoms with van der Waals surface area (Å²) in [6, 6.07) is 7.28. The molecule has 2 nitrogen and oxygen atoms in total. The van der Waals surface area contributed by atoms with E-state index in [4.69, 9.17) is 0 Å². The van der Waals surface area contributed by atoms with E-state index in [1.165, 1.54) is 24.3 Å². The monoisotopic (exact) mass is 229 g/mol. The summed E-state index contributed by atoms with van der Waals surface area (Å²) in [5.41, 5.74) is 2.03. The van der Waals surface area contributed by atoms with Gasteiger partial charge in [0.2, 0.25) is 0 Å². The summed E-state index contributed by atoms with van der Waals surface area (Å²) in [5, 5.41) is 0. The SMILES string of the molecule is CCc1cnccc1C(=O)c1ccc(F)cc1. The Morgan fingerprint density at radius 1 is 1.24 bits per heavy atom. The number of nitrogens with zero attached hydrogens (tertiary/aromatic N) is 1. The standard InChI is InChI=1S/C14H12FNO/c1-2-10-9-16-8-7-13(10)14(17)11-3-5-12(15)6-4-11/h3-9H,2H2,1H3. The lowest BCUT2D eigenvalue weighted by molar-refractivity contribution is 0.103. The van der Waals surface area contributed by atoms with E-state index in [-0.39, 0.29) is 11.6 Å². The quantitative estimate of drug-likeness (QED) is 0.757. The zero-order valence-electron chi connectivity index (χ0n) is 9.48. The Bertz CT molecular complexity index is 534. The first-order chi connectivity index (χ1) is 8.22. The van der Waals surface area contributed by atoms with Crippen LogP contribution in [0.4, 0.5) is 4.39 Å². The van der Waals surface area contributed by atoms with Crippen molar-refractivity contribution >= 4 is 5.78 Å². The van der Waals surface area contributed by atoms with Gasteiger partial charge in [-0.25, -0.2) is 4.39 Å². The third-order valence-corrected chi connectivity index (χ3v) is 2.64. The predicted molar refractivity (Wildman–Crippen MR) is 63.4 cm³/mol. The molecule has 86 valence electrons. The molecule has 0 radical (unpaired) electrons. The van der Waals surface area contributed by atoms with E-state index in [1.54, 1.807) is 18.5 Å². The van der Waals surface area contributed by atoms with Gasteiger partial charge >= 0.3 is 0 Å². The molecule has 0 amide bonds. The number of rotatable bonds is 3. The van der Waals surface area contributed by atoms with E-state index in [0.29, 0.717) is 11.1 Å². The molecule has 0 saturated carbocycles. The Morgan fingerprint density at radius 2 is 1.94 bits per heavy atom. The van der Waals surface area contributed by atoms with Crippen molar-refractivity contribution in [1.82, 2.24) is 4.98 Å². The van der Waals surface area contributed by atoms with Crippen LogP contribution in [-0.2, 0) is 6.42 Å². The maximum absolute atomic E-state index is 12.8. The number of carbonyl (C=O) groups excluding carboxylic acids is 1. The number of halogens is 1. The van der Waals surface area contributed by atoms with Crippen LogP contribution in [0.25, 0.3) is 0 Å². The van der Waals surface area contributed by atoms with Crippen LogP contribution in [0.1, 0.15) is 28.4 Å². The van der Waals surface area contributed by atoms with Gasteiger partial charge in [-0.15, -0.1) is 0 Å². The number of hydrogen-bond donors (Lipinski definition) is 0. The number of ketones is 1. The van der Waals surface area contributed by atoms with Crippen LogP contribution in [0.3, 0.4) is 0 Å². The third kappa shape index (κ3) is 2.38. The topological polar surface area (TPSA) is 30.0 Å². The van der Waals surface area contributed by atoms with E-state index < -0.39 is 0 Å². The first-order valence-electron chi connectivity index (χ1n) is 5.45. The molecule has 3 heteroatoms. The van der Waals surface area contributed by atoms with Crippen LogP contribution in [0.5, 0.6) is 0 Å². The maximum atomic E-state index is 12.8. The minimum absolute atomic E-state index is 0.0933. The number of aromatic nitrogens is 1. The zero-order chi connectivity index (χ0) is 12.3. The molecular formula is C14H12FNO. The Balaban J connectivity index is 2.40. The van der Waals surface area contributed by atoms with Gasteiger partial charge in [0.15, 0.2) is 5.78 Å². The van der Waals surface area contributed by atoms with Crippen molar-refractivity contribution in [3.63, 3.8) is 0 Å². The summed E-state index contributed by atoms with van der Waals surface area (Å²) in [7, 11) is 0. The molecule has 1 aromatic carbocycles. The van der Waals surface area contributed by atoms with Gasteiger partial charge in [0, 0.05) is 23.5 Å². The number of carbonyl (C=O) groups is 1. The van der Waals surface area contributed by atoms with Gasteiger partial charge < -0.3 is 0 Å². The Kier molecular flexibility index (Phi) is 3.28. The Morgan fingerprint density at radius 3 is 2.59 bits per heavy atom. The third-order valence-electron chi connectivity index (χ3n) is 2.64. The van der Waals surface area contributed by atoms with Gasteiger partial charge in [-0.3, -0.25) is 9.78 Å². The molecule has 2 rings (SSSR count). The molecule has 0 N–H and O–H groups in total. The minimum atomic E-state index is -0.341. The molecule has 0 saturated heterocycles. The molecule has 0 bridgehead atoms.